The lowest BCUT2D eigenvalue weighted by Gasteiger charge is -2.05. The molecule has 0 fully saturated rings. The average molecular weight is 301 g/mol. The molecule has 0 atom stereocenters. The van der Waals surface area contributed by atoms with Gasteiger partial charge in [0.1, 0.15) is 0 Å². The average Bonchev–Trinajstić information content (AvgIpc) is 2.32. The Morgan fingerprint density at radius 3 is 2.56 bits per heavy atom. The summed E-state index contributed by atoms with van der Waals surface area (Å²) in [5.41, 5.74) is 1.16. The van der Waals surface area contributed by atoms with Gasteiger partial charge >= 0.3 is 0 Å². The van der Waals surface area contributed by atoms with Gasteiger partial charge in [-0.15, -0.1) is 0 Å². The third kappa shape index (κ3) is 3.02. The third-order valence-corrected chi connectivity index (χ3v) is 3.33. The molecule has 18 heavy (non-hydrogen) atoms. The highest BCUT2D eigenvalue weighted by Gasteiger charge is 2.13. The van der Waals surface area contributed by atoms with E-state index in [0.717, 1.165) is 5.56 Å². The Kier molecular flexibility index (Phi) is 4.23. The van der Waals surface area contributed by atoms with Crippen LogP contribution in [0.2, 0.25) is 15.1 Å². The van der Waals surface area contributed by atoms with Crippen LogP contribution >= 0.6 is 34.8 Å². The standard InChI is InChI=1S/C13H8Cl3NO/c14-9-1-2-10(11(15)6-9)13(18)5-8-3-4-17-7-12(8)16/h1-4,6-7H,5H2. The lowest BCUT2D eigenvalue weighted by atomic mass is 10.0. The molecular formula is C13H8Cl3NO. The second-order valence-electron chi connectivity index (χ2n) is 3.69. The van der Waals surface area contributed by atoms with Gasteiger partial charge in [-0.25, -0.2) is 0 Å². The molecule has 92 valence electrons. The van der Waals surface area contributed by atoms with Gasteiger partial charge < -0.3 is 0 Å². The first-order valence-electron chi connectivity index (χ1n) is 5.14. The normalized spacial score (nSPS) is 10.4. The number of aromatic nitrogens is 1. The van der Waals surface area contributed by atoms with E-state index in [0.29, 0.717) is 20.6 Å². The monoisotopic (exact) mass is 299 g/mol. The van der Waals surface area contributed by atoms with Gasteiger partial charge in [-0.1, -0.05) is 34.8 Å². The van der Waals surface area contributed by atoms with Gasteiger partial charge in [-0.3, -0.25) is 9.78 Å². The number of benzene rings is 1. The summed E-state index contributed by atoms with van der Waals surface area (Å²) in [7, 11) is 0. The number of rotatable bonds is 3. The number of nitrogens with zero attached hydrogens (tertiary/aromatic N) is 1. The zero-order valence-electron chi connectivity index (χ0n) is 9.16. The number of halogens is 3. The summed E-state index contributed by atoms with van der Waals surface area (Å²) in [6.07, 6.45) is 3.29. The zero-order valence-corrected chi connectivity index (χ0v) is 11.4. The highest BCUT2D eigenvalue weighted by atomic mass is 35.5. The number of pyridine rings is 1. The quantitative estimate of drug-likeness (QED) is 0.783. The highest BCUT2D eigenvalue weighted by Crippen LogP contribution is 2.23. The molecule has 0 unspecified atom stereocenters. The Hall–Kier alpha value is -1.09. The number of Topliss-reactive ketones (excluding diaryl/α,β-unsaturated/α-hetero) is 1. The molecule has 0 amide bonds. The topological polar surface area (TPSA) is 30.0 Å². The van der Waals surface area contributed by atoms with Gasteiger partial charge in [0.2, 0.25) is 0 Å². The molecule has 5 heteroatoms. The number of carbonyl (C=O) groups is 1. The van der Waals surface area contributed by atoms with Crippen LogP contribution < -0.4 is 0 Å². The van der Waals surface area contributed by atoms with Crippen LogP contribution in [-0.2, 0) is 6.42 Å². The maximum Gasteiger partial charge on any atom is 0.168 e. The van der Waals surface area contributed by atoms with Crippen molar-refractivity contribution in [3.05, 3.63) is 62.9 Å². The van der Waals surface area contributed by atoms with Crippen molar-refractivity contribution < 1.29 is 4.79 Å². The van der Waals surface area contributed by atoms with Crippen LogP contribution in [0, 0.1) is 0 Å². The molecule has 1 aromatic carbocycles. The van der Waals surface area contributed by atoms with E-state index in [1.54, 1.807) is 30.5 Å². The maximum absolute atomic E-state index is 12.1. The lowest BCUT2D eigenvalue weighted by molar-refractivity contribution is 0.0993. The SMILES string of the molecule is O=C(Cc1ccncc1Cl)c1ccc(Cl)cc1Cl. The van der Waals surface area contributed by atoms with Gasteiger partial charge in [0.05, 0.1) is 10.0 Å². The molecule has 0 spiro atoms. The van der Waals surface area contributed by atoms with Crippen molar-refractivity contribution in [2.24, 2.45) is 0 Å². The van der Waals surface area contributed by atoms with E-state index in [-0.39, 0.29) is 12.2 Å². The zero-order chi connectivity index (χ0) is 13.1. The van der Waals surface area contributed by atoms with Crippen LogP contribution in [0.1, 0.15) is 15.9 Å². The van der Waals surface area contributed by atoms with Crippen LogP contribution in [0.4, 0.5) is 0 Å². The molecule has 0 bridgehead atoms. The molecule has 0 aliphatic heterocycles. The van der Waals surface area contributed by atoms with Crippen molar-refractivity contribution in [3.8, 4) is 0 Å². The van der Waals surface area contributed by atoms with E-state index in [2.05, 4.69) is 4.98 Å². The third-order valence-electron chi connectivity index (χ3n) is 2.44. The van der Waals surface area contributed by atoms with Crippen molar-refractivity contribution in [2.45, 2.75) is 6.42 Å². The van der Waals surface area contributed by atoms with Crippen LogP contribution in [-0.4, -0.2) is 10.8 Å². The fraction of sp³-hybridized carbons (Fsp3) is 0.0769. The highest BCUT2D eigenvalue weighted by molar-refractivity contribution is 6.37. The minimum absolute atomic E-state index is 0.107. The summed E-state index contributed by atoms with van der Waals surface area (Å²) in [6.45, 7) is 0. The first-order chi connectivity index (χ1) is 8.58. The molecule has 0 aliphatic rings. The number of hydrogen-bond donors (Lipinski definition) is 0. The summed E-state index contributed by atoms with van der Waals surface area (Å²) in [4.78, 5) is 16.0. The second-order valence-corrected chi connectivity index (χ2v) is 4.94. The summed E-state index contributed by atoms with van der Waals surface area (Å²) >= 11 is 17.7. The molecule has 1 aromatic heterocycles. The fourth-order valence-corrected chi connectivity index (χ4v) is 2.23. The van der Waals surface area contributed by atoms with Gasteiger partial charge in [-0.05, 0) is 29.8 Å². The first kappa shape index (κ1) is 13.3. The lowest BCUT2D eigenvalue weighted by Crippen LogP contribution is -2.05. The Morgan fingerprint density at radius 1 is 1.11 bits per heavy atom. The second kappa shape index (κ2) is 5.70. The number of ketones is 1. The van der Waals surface area contributed by atoms with E-state index in [1.165, 1.54) is 6.20 Å². The summed E-state index contributed by atoms with van der Waals surface area (Å²) in [6, 6.07) is 6.51. The summed E-state index contributed by atoms with van der Waals surface area (Å²) < 4.78 is 0. The molecule has 0 saturated carbocycles. The van der Waals surface area contributed by atoms with Gasteiger partial charge in [0.15, 0.2) is 5.78 Å². The Labute approximate surface area is 120 Å². The number of carbonyl (C=O) groups excluding carboxylic acids is 1. The molecule has 2 nitrogen and oxygen atoms in total. The Balaban J connectivity index is 2.25. The molecule has 0 aliphatic carbocycles. The van der Waals surface area contributed by atoms with Crippen molar-refractivity contribution >= 4 is 40.6 Å². The molecule has 2 rings (SSSR count). The Morgan fingerprint density at radius 2 is 1.89 bits per heavy atom. The molecular weight excluding hydrogens is 293 g/mol. The molecule has 0 radical (unpaired) electrons. The number of hydrogen-bond acceptors (Lipinski definition) is 2. The summed E-state index contributed by atoms with van der Waals surface area (Å²) in [5.74, 6) is -0.107. The van der Waals surface area contributed by atoms with E-state index in [9.17, 15) is 4.79 Å². The summed E-state index contributed by atoms with van der Waals surface area (Å²) in [5, 5.41) is 1.31. The van der Waals surface area contributed by atoms with E-state index < -0.39 is 0 Å². The smallest absolute Gasteiger partial charge is 0.168 e. The van der Waals surface area contributed by atoms with Gasteiger partial charge in [0, 0.05) is 29.4 Å². The van der Waals surface area contributed by atoms with Gasteiger partial charge in [0.25, 0.3) is 0 Å². The molecule has 0 saturated heterocycles. The van der Waals surface area contributed by atoms with Crippen LogP contribution in [0.15, 0.2) is 36.7 Å². The molecule has 0 N–H and O–H groups in total. The predicted octanol–water partition coefficient (Wildman–Crippen LogP) is 4.47. The predicted molar refractivity (Wildman–Crippen MR) is 73.7 cm³/mol. The minimum atomic E-state index is -0.107. The van der Waals surface area contributed by atoms with Crippen LogP contribution in [0.25, 0.3) is 0 Å². The van der Waals surface area contributed by atoms with E-state index in [4.69, 9.17) is 34.8 Å². The largest absolute Gasteiger partial charge is 0.294 e. The minimum Gasteiger partial charge on any atom is -0.294 e. The van der Waals surface area contributed by atoms with Crippen molar-refractivity contribution in [3.63, 3.8) is 0 Å². The van der Waals surface area contributed by atoms with Crippen molar-refractivity contribution in [1.82, 2.24) is 4.98 Å². The van der Waals surface area contributed by atoms with Crippen LogP contribution in [0.5, 0.6) is 0 Å². The van der Waals surface area contributed by atoms with Crippen LogP contribution in [0.3, 0.4) is 0 Å². The van der Waals surface area contributed by atoms with Crippen molar-refractivity contribution in [2.75, 3.05) is 0 Å². The van der Waals surface area contributed by atoms with E-state index in [1.807, 2.05) is 0 Å². The first-order valence-corrected chi connectivity index (χ1v) is 6.28. The van der Waals surface area contributed by atoms with Crippen molar-refractivity contribution in [1.29, 1.82) is 0 Å². The van der Waals surface area contributed by atoms with Gasteiger partial charge in [-0.2, -0.15) is 0 Å². The maximum atomic E-state index is 12.1. The van der Waals surface area contributed by atoms with E-state index >= 15 is 0 Å². The molecule has 1 heterocycles. The molecule has 2 aromatic rings. The fourth-order valence-electron chi connectivity index (χ4n) is 1.53. The Bertz CT molecular complexity index is 599.